The first-order valence-corrected chi connectivity index (χ1v) is 15.4. The van der Waals surface area contributed by atoms with Crippen LogP contribution in [0.1, 0.15) is 16.4 Å². The van der Waals surface area contributed by atoms with E-state index in [0.717, 1.165) is 44.3 Å². The molecule has 4 aromatic carbocycles. The summed E-state index contributed by atoms with van der Waals surface area (Å²) in [5.41, 5.74) is 1.47. The van der Waals surface area contributed by atoms with E-state index in [1.807, 2.05) is 66.7 Å². The van der Waals surface area contributed by atoms with E-state index in [0.29, 0.717) is 15.6 Å². The largest absolute Gasteiger partial charge is 0.324 e. The number of carbonyl (C=O) groups is 3. The fraction of sp³-hybridized carbons (Fsp3) is 0.125. The van der Waals surface area contributed by atoms with Gasteiger partial charge in [-0.1, -0.05) is 89.8 Å². The predicted molar refractivity (Wildman–Crippen MR) is 168 cm³/mol. The van der Waals surface area contributed by atoms with Gasteiger partial charge in [-0.15, -0.1) is 0 Å². The number of rotatable bonds is 6. The summed E-state index contributed by atoms with van der Waals surface area (Å²) >= 11 is 2.09. The Morgan fingerprint density at radius 1 is 0.864 bits per heavy atom. The summed E-state index contributed by atoms with van der Waals surface area (Å²) in [6.45, 7) is -0.270. The number of hydrogen-bond acceptors (Lipinski definition) is 8. The van der Waals surface area contributed by atoms with Crippen molar-refractivity contribution >= 4 is 68.7 Å². The van der Waals surface area contributed by atoms with Crippen LogP contribution in [-0.4, -0.2) is 32.5 Å². The van der Waals surface area contributed by atoms with E-state index in [2.05, 4.69) is 5.32 Å². The second-order valence-corrected chi connectivity index (χ2v) is 12.6. The molecular weight excluding hydrogens is 601 g/mol. The van der Waals surface area contributed by atoms with Crippen molar-refractivity contribution in [3.8, 4) is 0 Å². The van der Waals surface area contributed by atoms with Gasteiger partial charge in [0, 0.05) is 34.0 Å². The van der Waals surface area contributed by atoms with Gasteiger partial charge in [0.2, 0.25) is 17.7 Å². The molecule has 10 nitrogen and oxygen atoms in total. The molecule has 1 aromatic heterocycles. The number of non-ortho nitro benzene ring substituents is 1. The molecule has 218 valence electrons. The molecule has 2 aliphatic rings. The molecule has 0 radical (unpaired) electrons. The molecule has 3 amide bonds. The lowest BCUT2D eigenvalue weighted by Crippen LogP contribution is -2.33. The van der Waals surface area contributed by atoms with Gasteiger partial charge >= 0.3 is 4.87 Å². The smallest absolute Gasteiger partial charge is 0.308 e. The summed E-state index contributed by atoms with van der Waals surface area (Å²) < 4.78 is 1.38. The van der Waals surface area contributed by atoms with Gasteiger partial charge < -0.3 is 5.32 Å². The first kappa shape index (κ1) is 27.7. The van der Waals surface area contributed by atoms with E-state index in [-0.39, 0.29) is 22.8 Å². The molecule has 2 unspecified atom stereocenters. The molecule has 5 aromatic rings. The number of nitro groups is 1. The van der Waals surface area contributed by atoms with Crippen LogP contribution in [0.2, 0.25) is 0 Å². The summed E-state index contributed by atoms with van der Waals surface area (Å²) in [6, 6.07) is 27.7. The van der Waals surface area contributed by atoms with Crippen molar-refractivity contribution in [3.05, 3.63) is 127 Å². The standard InChI is InChI=1S/C32H22N4O6S2/c37-24(33-23-12-6-10-18-7-4-5-11-22(18)23)17-34-31-28(44-32(34)40)25(19-8-2-1-3-9-19)26-27(43-31)30(39)35(29(26)38)20-13-15-21(16-14-20)36(41)42/h1-16,25-27H,17H2,(H,33,37)/t25-,26?,27?/m1/s1. The quantitative estimate of drug-likeness (QED) is 0.152. The zero-order chi connectivity index (χ0) is 30.5. The van der Waals surface area contributed by atoms with Crippen LogP contribution in [0.3, 0.4) is 0 Å². The number of nitrogens with one attached hydrogen (secondary N) is 1. The number of amides is 3. The fourth-order valence-electron chi connectivity index (χ4n) is 5.92. The number of nitro benzene ring substituents is 1. The summed E-state index contributed by atoms with van der Waals surface area (Å²) in [5.74, 6) is -2.73. The van der Waals surface area contributed by atoms with Crippen molar-refractivity contribution in [1.29, 1.82) is 0 Å². The van der Waals surface area contributed by atoms with Crippen LogP contribution >= 0.6 is 23.1 Å². The van der Waals surface area contributed by atoms with E-state index in [1.165, 1.54) is 28.8 Å². The van der Waals surface area contributed by atoms with Crippen molar-refractivity contribution in [2.75, 3.05) is 10.2 Å². The number of carbonyl (C=O) groups excluding carboxylic acids is 3. The Hall–Kier alpha value is -5.07. The van der Waals surface area contributed by atoms with Crippen LogP contribution in [0.15, 0.2) is 107 Å². The Balaban J connectivity index is 1.26. The molecule has 2 aliphatic heterocycles. The summed E-state index contributed by atoms with van der Waals surface area (Å²) in [6.07, 6.45) is 0. The highest BCUT2D eigenvalue weighted by Gasteiger charge is 2.56. The van der Waals surface area contributed by atoms with Gasteiger partial charge in [-0.3, -0.25) is 33.9 Å². The number of anilines is 2. The van der Waals surface area contributed by atoms with Gasteiger partial charge in [-0.25, -0.2) is 4.90 Å². The zero-order valence-electron chi connectivity index (χ0n) is 22.8. The number of nitrogens with zero attached hydrogens (tertiary/aromatic N) is 3. The number of thioether (sulfide) groups is 1. The topological polar surface area (TPSA) is 132 Å². The van der Waals surface area contributed by atoms with Gasteiger partial charge in [0.1, 0.15) is 11.8 Å². The second-order valence-electron chi connectivity index (χ2n) is 10.4. The highest BCUT2D eigenvalue weighted by molar-refractivity contribution is 8.00. The molecule has 44 heavy (non-hydrogen) atoms. The third-order valence-electron chi connectivity index (χ3n) is 7.89. The molecule has 3 atom stereocenters. The molecule has 0 spiro atoms. The number of thiazole rings is 1. The minimum Gasteiger partial charge on any atom is -0.324 e. The summed E-state index contributed by atoms with van der Waals surface area (Å²) in [5, 5.41) is 15.5. The van der Waals surface area contributed by atoms with E-state index in [9.17, 15) is 29.3 Å². The monoisotopic (exact) mass is 622 g/mol. The van der Waals surface area contributed by atoms with Crippen LogP contribution in [0.4, 0.5) is 17.1 Å². The molecule has 1 fully saturated rings. The first-order chi connectivity index (χ1) is 21.3. The van der Waals surface area contributed by atoms with E-state index < -0.39 is 39.7 Å². The summed E-state index contributed by atoms with van der Waals surface area (Å²) in [4.78, 5) is 66.5. The maximum absolute atomic E-state index is 14.0. The van der Waals surface area contributed by atoms with Gasteiger partial charge in [-0.2, -0.15) is 0 Å². The third-order valence-corrected chi connectivity index (χ3v) is 10.5. The van der Waals surface area contributed by atoms with Gasteiger partial charge in [0.25, 0.3) is 5.69 Å². The second kappa shape index (κ2) is 10.9. The van der Waals surface area contributed by atoms with Gasteiger partial charge in [0.15, 0.2) is 0 Å². The molecule has 1 saturated heterocycles. The molecule has 0 saturated carbocycles. The Bertz CT molecular complexity index is 2030. The molecule has 1 N–H and O–H groups in total. The zero-order valence-corrected chi connectivity index (χ0v) is 24.4. The van der Waals surface area contributed by atoms with Crippen molar-refractivity contribution in [3.63, 3.8) is 0 Å². The minimum absolute atomic E-state index is 0.158. The highest BCUT2D eigenvalue weighted by atomic mass is 32.2. The minimum atomic E-state index is -0.864. The molecular formula is C32H22N4O6S2. The number of imide groups is 1. The van der Waals surface area contributed by atoms with Crippen LogP contribution in [0.5, 0.6) is 0 Å². The fourth-order valence-corrected chi connectivity index (χ4v) is 8.69. The van der Waals surface area contributed by atoms with Crippen molar-refractivity contribution in [2.45, 2.75) is 22.7 Å². The number of aromatic nitrogens is 1. The molecule has 12 heteroatoms. The van der Waals surface area contributed by atoms with Crippen molar-refractivity contribution < 1.29 is 19.3 Å². The maximum Gasteiger partial charge on any atom is 0.308 e. The lowest BCUT2D eigenvalue weighted by atomic mass is 9.83. The van der Waals surface area contributed by atoms with E-state index in [4.69, 9.17) is 0 Å². The van der Waals surface area contributed by atoms with Crippen LogP contribution in [-0.2, 0) is 20.9 Å². The van der Waals surface area contributed by atoms with Gasteiger partial charge in [0.05, 0.1) is 21.6 Å². The predicted octanol–water partition coefficient (Wildman–Crippen LogP) is 5.41. The Labute approximate surface area is 258 Å². The molecule has 3 heterocycles. The molecule has 7 rings (SSSR count). The Morgan fingerprint density at radius 2 is 1.57 bits per heavy atom. The number of fused-ring (bicyclic) bond motifs is 3. The van der Waals surface area contributed by atoms with Crippen molar-refractivity contribution in [1.82, 2.24) is 4.57 Å². The Morgan fingerprint density at radius 3 is 2.32 bits per heavy atom. The first-order valence-electron chi connectivity index (χ1n) is 13.7. The number of benzene rings is 4. The van der Waals surface area contributed by atoms with E-state index in [1.54, 1.807) is 6.07 Å². The maximum atomic E-state index is 14.0. The molecule has 0 bridgehead atoms. The van der Waals surface area contributed by atoms with Crippen LogP contribution in [0, 0.1) is 16.0 Å². The number of hydrogen-bond donors (Lipinski definition) is 1. The lowest BCUT2D eigenvalue weighted by molar-refractivity contribution is -0.384. The SMILES string of the molecule is O=C(Cn1c2c(sc1=O)[C@H](c1ccccc1)C1C(=O)N(c3ccc([N+](=O)[O-])cc3)C(=O)C1S2)Nc1cccc2ccccc12. The molecule has 0 aliphatic carbocycles. The highest BCUT2D eigenvalue weighted by Crippen LogP contribution is 2.53. The average molecular weight is 623 g/mol. The Kier molecular flexibility index (Phi) is 6.87. The van der Waals surface area contributed by atoms with Crippen LogP contribution in [0.25, 0.3) is 10.8 Å². The third kappa shape index (κ3) is 4.59. The summed E-state index contributed by atoms with van der Waals surface area (Å²) in [7, 11) is 0. The lowest BCUT2D eigenvalue weighted by Gasteiger charge is -2.30. The average Bonchev–Trinajstić information content (AvgIpc) is 3.47. The van der Waals surface area contributed by atoms with Gasteiger partial charge in [-0.05, 0) is 29.1 Å². The normalized spacial score (nSPS) is 19.1. The van der Waals surface area contributed by atoms with Crippen molar-refractivity contribution in [2.24, 2.45) is 5.92 Å². The van der Waals surface area contributed by atoms with E-state index >= 15 is 0 Å². The van der Waals surface area contributed by atoms with Crippen LogP contribution < -0.4 is 15.1 Å².